The normalized spacial score (nSPS) is 20.4. The Balaban J connectivity index is 1.51. The van der Waals surface area contributed by atoms with Crippen LogP contribution in [0.1, 0.15) is 30.0 Å². The number of benzene rings is 3. The summed E-state index contributed by atoms with van der Waals surface area (Å²) in [5.41, 5.74) is 2.50. The van der Waals surface area contributed by atoms with Crippen LogP contribution in [0.2, 0.25) is 0 Å². The van der Waals surface area contributed by atoms with Crippen molar-refractivity contribution in [1.82, 2.24) is 10.2 Å². The lowest BCUT2D eigenvalue weighted by Gasteiger charge is -2.23. The van der Waals surface area contributed by atoms with Gasteiger partial charge in [0.1, 0.15) is 0 Å². The average Bonchev–Trinajstić information content (AvgIpc) is 3.17. The van der Waals surface area contributed by atoms with E-state index in [4.69, 9.17) is 0 Å². The largest absolute Gasteiger partial charge is 0.465 e. The van der Waals surface area contributed by atoms with Crippen molar-refractivity contribution in [2.24, 2.45) is 5.92 Å². The Bertz CT molecular complexity index is 952. The smallest absolute Gasteiger partial charge is 0.407 e. The van der Waals surface area contributed by atoms with Gasteiger partial charge in [-0.1, -0.05) is 72.8 Å². The summed E-state index contributed by atoms with van der Waals surface area (Å²) in [4.78, 5) is 13.1. The molecule has 0 unspecified atom stereocenters. The number of hydrogen-bond acceptors (Lipinski definition) is 2. The molecule has 2 N–H and O–H groups in total. The minimum Gasteiger partial charge on any atom is -0.465 e. The van der Waals surface area contributed by atoms with Gasteiger partial charge in [-0.25, -0.2) is 4.79 Å². The summed E-state index contributed by atoms with van der Waals surface area (Å²) in [5, 5.41) is 15.7. The average molecular weight is 374 g/mol. The van der Waals surface area contributed by atoms with Crippen LogP contribution in [0.4, 0.5) is 4.79 Å². The lowest BCUT2D eigenvalue weighted by Crippen LogP contribution is -2.31. The summed E-state index contributed by atoms with van der Waals surface area (Å²) < 4.78 is 0. The van der Waals surface area contributed by atoms with Crippen LogP contribution in [-0.2, 0) is 0 Å². The van der Waals surface area contributed by atoms with Crippen molar-refractivity contribution < 1.29 is 9.90 Å². The van der Waals surface area contributed by atoms with Crippen LogP contribution < -0.4 is 5.32 Å². The molecule has 0 bridgehead atoms. The molecule has 0 radical (unpaired) electrons. The topological polar surface area (TPSA) is 52.6 Å². The number of nitrogens with one attached hydrogen (secondary N) is 1. The van der Waals surface area contributed by atoms with Gasteiger partial charge in [0.25, 0.3) is 0 Å². The number of fused-ring (bicyclic) bond motifs is 1. The molecule has 4 heteroatoms. The maximum atomic E-state index is 11.5. The summed E-state index contributed by atoms with van der Waals surface area (Å²) in [6.07, 6.45) is -0.828. The molecule has 1 amide bonds. The molecule has 144 valence electrons. The third-order valence-electron chi connectivity index (χ3n) is 5.92. The lowest BCUT2D eigenvalue weighted by atomic mass is 9.88. The van der Waals surface area contributed by atoms with E-state index in [-0.39, 0.29) is 17.9 Å². The fourth-order valence-corrected chi connectivity index (χ4v) is 4.38. The van der Waals surface area contributed by atoms with E-state index in [9.17, 15) is 9.90 Å². The molecule has 0 aromatic heterocycles. The third kappa shape index (κ3) is 3.73. The molecule has 1 fully saturated rings. The molecular weight excluding hydrogens is 348 g/mol. The van der Waals surface area contributed by atoms with Gasteiger partial charge in [0.15, 0.2) is 0 Å². The Kier molecular flexibility index (Phi) is 5.31. The van der Waals surface area contributed by atoms with Crippen molar-refractivity contribution in [3.8, 4) is 0 Å². The first kappa shape index (κ1) is 18.5. The molecule has 0 spiro atoms. The van der Waals surface area contributed by atoms with Crippen LogP contribution in [0.15, 0.2) is 72.8 Å². The fourth-order valence-electron chi connectivity index (χ4n) is 4.38. The molecule has 1 aliphatic rings. The zero-order chi connectivity index (χ0) is 19.5. The van der Waals surface area contributed by atoms with E-state index in [1.807, 2.05) is 18.2 Å². The van der Waals surface area contributed by atoms with E-state index < -0.39 is 6.09 Å². The van der Waals surface area contributed by atoms with Crippen LogP contribution in [0.5, 0.6) is 0 Å². The number of rotatable bonds is 5. The molecule has 3 atom stereocenters. The van der Waals surface area contributed by atoms with Crippen molar-refractivity contribution in [2.45, 2.75) is 18.9 Å². The summed E-state index contributed by atoms with van der Waals surface area (Å²) in [5.74, 6) is 0.487. The summed E-state index contributed by atoms with van der Waals surface area (Å²) in [6, 6.07) is 25.3. The first-order valence-corrected chi connectivity index (χ1v) is 9.87. The number of amides is 1. The number of hydrogen-bond donors (Lipinski definition) is 2. The molecule has 4 nitrogen and oxygen atoms in total. The van der Waals surface area contributed by atoms with Crippen molar-refractivity contribution in [3.63, 3.8) is 0 Å². The maximum absolute atomic E-state index is 11.5. The third-order valence-corrected chi connectivity index (χ3v) is 5.92. The highest BCUT2D eigenvalue weighted by Crippen LogP contribution is 2.33. The van der Waals surface area contributed by atoms with Crippen molar-refractivity contribution >= 4 is 16.9 Å². The first-order chi connectivity index (χ1) is 13.6. The number of nitrogens with zero attached hydrogens (tertiary/aromatic N) is 1. The summed E-state index contributed by atoms with van der Waals surface area (Å²) >= 11 is 0. The van der Waals surface area contributed by atoms with E-state index in [1.54, 1.807) is 4.90 Å². The highest BCUT2D eigenvalue weighted by Gasteiger charge is 2.36. The Hall–Kier alpha value is -2.85. The van der Waals surface area contributed by atoms with Gasteiger partial charge in [-0.3, -0.25) is 0 Å². The van der Waals surface area contributed by atoms with E-state index in [0.717, 1.165) is 6.54 Å². The Morgan fingerprint density at radius 3 is 2.54 bits per heavy atom. The monoisotopic (exact) mass is 374 g/mol. The summed E-state index contributed by atoms with van der Waals surface area (Å²) in [6.45, 7) is 4.11. The fraction of sp³-hybridized carbons (Fsp3) is 0.292. The maximum Gasteiger partial charge on any atom is 0.407 e. The quantitative estimate of drug-likeness (QED) is 0.669. The molecule has 0 saturated carbocycles. The van der Waals surface area contributed by atoms with Crippen LogP contribution in [-0.4, -0.2) is 35.7 Å². The Morgan fingerprint density at radius 2 is 1.75 bits per heavy atom. The second kappa shape index (κ2) is 8.03. The molecule has 1 aliphatic heterocycles. The lowest BCUT2D eigenvalue weighted by molar-refractivity contribution is 0.153. The minimum atomic E-state index is -0.828. The Labute approximate surface area is 165 Å². The zero-order valence-corrected chi connectivity index (χ0v) is 16.1. The second-order valence-electron chi connectivity index (χ2n) is 7.66. The van der Waals surface area contributed by atoms with Crippen LogP contribution >= 0.6 is 0 Å². The van der Waals surface area contributed by atoms with Gasteiger partial charge in [-0.15, -0.1) is 0 Å². The van der Waals surface area contributed by atoms with E-state index in [1.165, 1.54) is 21.9 Å². The molecule has 3 aromatic rings. The standard InChI is InChI=1S/C24H26N2O2/c1-17(21-13-7-11-18-10-5-6-12-22(18)21)25-14-20-15-26(24(27)28)16-23(20)19-8-3-2-4-9-19/h2-13,17,20,23,25H,14-16H2,1H3,(H,27,28)/t17-,20+,23-/m1/s1. The number of carboxylic acid groups (broad SMARTS) is 1. The molecule has 1 heterocycles. The molecule has 4 rings (SSSR count). The SMILES string of the molecule is C[C@@H](NC[C@H]1CN(C(=O)O)C[C@@H]1c1ccccc1)c1cccc2ccccc12. The number of likely N-dealkylation sites (tertiary alicyclic amines) is 1. The van der Waals surface area contributed by atoms with Gasteiger partial charge in [-0.05, 0) is 34.7 Å². The minimum absolute atomic E-state index is 0.196. The predicted octanol–water partition coefficient (Wildman–Crippen LogP) is 4.88. The van der Waals surface area contributed by atoms with Crippen LogP contribution in [0.3, 0.4) is 0 Å². The molecule has 3 aromatic carbocycles. The molecule has 1 saturated heterocycles. The van der Waals surface area contributed by atoms with Gasteiger partial charge in [0.05, 0.1) is 0 Å². The van der Waals surface area contributed by atoms with Gasteiger partial charge in [0.2, 0.25) is 0 Å². The highest BCUT2D eigenvalue weighted by atomic mass is 16.4. The van der Waals surface area contributed by atoms with Gasteiger partial charge >= 0.3 is 6.09 Å². The predicted molar refractivity (Wildman–Crippen MR) is 113 cm³/mol. The van der Waals surface area contributed by atoms with E-state index >= 15 is 0 Å². The Morgan fingerprint density at radius 1 is 1.04 bits per heavy atom. The van der Waals surface area contributed by atoms with E-state index in [2.05, 4.69) is 66.8 Å². The van der Waals surface area contributed by atoms with Gasteiger partial charge in [0, 0.05) is 31.6 Å². The van der Waals surface area contributed by atoms with Crippen molar-refractivity contribution in [1.29, 1.82) is 0 Å². The molecule has 0 aliphatic carbocycles. The first-order valence-electron chi connectivity index (χ1n) is 9.87. The van der Waals surface area contributed by atoms with Gasteiger partial charge < -0.3 is 15.3 Å². The van der Waals surface area contributed by atoms with Crippen LogP contribution in [0.25, 0.3) is 10.8 Å². The second-order valence-corrected chi connectivity index (χ2v) is 7.66. The molecular formula is C24H26N2O2. The zero-order valence-electron chi connectivity index (χ0n) is 16.1. The highest BCUT2D eigenvalue weighted by molar-refractivity contribution is 5.86. The van der Waals surface area contributed by atoms with Crippen LogP contribution in [0, 0.1) is 5.92 Å². The van der Waals surface area contributed by atoms with Crippen molar-refractivity contribution in [2.75, 3.05) is 19.6 Å². The number of carbonyl (C=O) groups is 1. The molecule has 28 heavy (non-hydrogen) atoms. The van der Waals surface area contributed by atoms with Gasteiger partial charge in [-0.2, -0.15) is 0 Å². The van der Waals surface area contributed by atoms with E-state index in [0.29, 0.717) is 13.1 Å². The van der Waals surface area contributed by atoms with Crippen molar-refractivity contribution in [3.05, 3.63) is 83.9 Å². The summed E-state index contributed by atoms with van der Waals surface area (Å²) in [7, 11) is 0.